The zero-order chi connectivity index (χ0) is 9.47. The van der Waals surface area contributed by atoms with E-state index >= 15 is 0 Å². The molecule has 0 spiro atoms. The molecule has 1 aromatic carbocycles. The first kappa shape index (κ1) is 8.97. The molecule has 1 unspecified atom stereocenters. The molecule has 0 radical (unpaired) electrons. The molecule has 2 rings (SSSR count). The first-order valence-corrected chi connectivity index (χ1v) is 4.59. The molecule has 1 nitrogen and oxygen atoms in total. The zero-order valence-corrected chi connectivity index (χ0v) is 8.07. The minimum atomic E-state index is -0.463. The largest absolute Gasteiger partial charge is 0.370 e. The van der Waals surface area contributed by atoms with E-state index in [0.717, 1.165) is 6.42 Å². The highest BCUT2D eigenvalue weighted by Crippen LogP contribution is 2.38. The summed E-state index contributed by atoms with van der Waals surface area (Å²) in [6, 6.07) is 4.56. The molecular formula is C10H10ClFO. The van der Waals surface area contributed by atoms with Crippen molar-refractivity contribution in [2.45, 2.75) is 18.9 Å². The first-order valence-electron chi connectivity index (χ1n) is 4.21. The van der Waals surface area contributed by atoms with Crippen molar-refractivity contribution in [3.05, 3.63) is 34.6 Å². The van der Waals surface area contributed by atoms with Crippen LogP contribution in [0.4, 0.5) is 4.39 Å². The van der Waals surface area contributed by atoms with Crippen LogP contribution in [0.2, 0.25) is 5.02 Å². The Labute approximate surface area is 81.5 Å². The smallest absolute Gasteiger partial charge is 0.129 e. The SMILES string of the molecule is CC1(c2cc(Cl)ccc2F)CCO1. The van der Waals surface area contributed by atoms with Crippen molar-refractivity contribution in [1.29, 1.82) is 0 Å². The van der Waals surface area contributed by atoms with Crippen molar-refractivity contribution < 1.29 is 9.13 Å². The highest BCUT2D eigenvalue weighted by atomic mass is 35.5. The fourth-order valence-corrected chi connectivity index (χ4v) is 1.70. The summed E-state index contributed by atoms with van der Waals surface area (Å²) in [4.78, 5) is 0. The van der Waals surface area contributed by atoms with Crippen LogP contribution >= 0.6 is 11.6 Å². The van der Waals surface area contributed by atoms with Crippen LogP contribution in [0.1, 0.15) is 18.9 Å². The number of ether oxygens (including phenoxy) is 1. The van der Waals surface area contributed by atoms with Crippen LogP contribution in [0.5, 0.6) is 0 Å². The van der Waals surface area contributed by atoms with Gasteiger partial charge < -0.3 is 4.74 Å². The van der Waals surface area contributed by atoms with Gasteiger partial charge in [-0.1, -0.05) is 11.6 Å². The second kappa shape index (κ2) is 2.96. The van der Waals surface area contributed by atoms with Gasteiger partial charge in [-0.25, -0.2) is 4.39 Å². The topological polar surface area (TPSA) is 9.23 Å². The number of benzene rings is 1. The molecule has 0 aliphatic carbocycles. The van der Waals surface area contributed by atoms with Crippen LogP contribution in [0.3, 0.4) is 0 Å². The van der Waals surface area contributed by atoms with Crippen LogP contribution < -0.4 is 0 Å². The van der Waals surface area contributed by atoms with Crippen molar-refractivity contribution in [1.82, 2.24) is 0 Å². The lowest BCUT2D eigenvalue weighted by Crippen LogP contribution is -2.38. The Hall–Kier alpha value is -0.600. The Morgan fingerprint density at radius 2 is 2.23 bits per heavy atom. The lowest BCUT2D eigenvalue weighted by molar-refractivity contribution is -0.142. The highest BCUT2D eigenvalue weighted by Gasteiger charge is 2.37. The van der Waals surface area contributed by atoms with Gasteiger partial charge in [0, 0.05) is 17.0 Å². The molecule has 1 aromatic rings. The van der Waals surface area contributed by atoms with Gasteiger partial charge in [-0.05, 0) is 25.1 Å². The molecule has 0 saturated carbocycles. The lowest BCUT2D eigenvalue weighted by atomic mass is 9.88. The van der Waals surface area contributed by atoms with Gasteiger partial charge in [0.25, 0.3) is 0 Å². The average Bonchev–Trinajstić information content (AvgIpc) is 2.05. The molecule has 0 amide bonds. The maximum Gasteiger partial charge on any atom is 0.129 e. The van der Waals surface area contributed by atoms with Crippen molar-refractivity contribution in [3.8, 4) is 0 Å². The van der Waals surface area contributed by atoms with Crippen molar-refractivity contribution in [3.63, 3.8) is 0 Å². The summed E-state index contributed by atoms with van der Waals surface area (Å²) in [7, 11) is 0. The minimum Gasteiger partial charge on any atom is -0.370 e. The lowest BCUT2D eigenvalue weighted by Gasteiger charge is -2.39. The maximum absolute atomic E-state index is 13.3. The van der Waals surface area contributed by atoms with Crippen LogP contribution in [-0.2, 0) is 10.3 Å². The molecular weight excluding hydrogens is 191 g/mol. The van der Waals surface area contributed by atoms with Crippen molar-refractivity contribution in [2.75, 3.05) is 6.61 Å². The summed E-state index contributed by atoms with van der Waals surface area (Å²) < 4.78 is 18.7. The summed E-state index contributed by atoms with van der Waals surface area (Å²) in [5.74, 6) is -0.244. The summed E-state index contributed by atoms with van der Waals surface area (Å²) in [5, 5.41) is 0.549. The molecule has 13 heavy (non-hydrogen) atoms. The minimum absolute atomic E-state index is 0.244. The fourth-order valence-electron chi connectivity index (χ4n) is 1.52. The highest BCUT2D eigenvalue weighted by molar-refractivity contribution is 6.30. The monoisotopic (exact) mass is 200 g/mol. The zero-order valence-electron chi connectivity index (χ0n) is 7.31. The third-order valence-corrected chi connectivity index (χ3v) is 2.73. The first-order chi connectivity index (χ1) is 6.12. The van der Waals surface area contributed by atoms with Crippen molar-refractivity contribution >= 4 is 11.6 Å². The molecule has 3 heteroatoms. The summed E-state index contributed by atoms with van der Waals surface area (Å²) in [5.41, 5.74) is 0.0980. The molecule has 1 atom stereocenters. The van der Waals surface area contributed by atoms with Crippen LogP contribution in [0.25, 0.3) is 0 Å². The van der Waals surface area contributed by atoms with E-state index in [4.69, 9.17) is 16.3 Å². The Morgan fingerprint density at radius 3 is 2.77 bits per heavy atom. The van der Waals surface area contributed by atoms with Gasteiger partial charge in [0.05, 0.1) is 12.2 Å². The maximum atomic E-state index is 13.3. The van der Waals surface area contributed by atoms with E-state index in [2.05, 4.69) is 0 Å². The number of rotatable bonds is 1. The fraction of sp³-hybridized carbons (Fsp3) is 0.400. The van der Waals surface area contributed by atoms with E-state index in [1.165, 1.54) is 6.07 Å². The van der Waals surface area contributed by atoms with Crippen LogP contribution in [-0.4, -0.2) is 6.61 Å². The molecule has 1 aliphatic heterocycles. The Balaban J connectivity index is 2.43. The van der Waals surface area contributed by atoms with Crippen LogP contribution in [0, 0.1) is 5.82 Å². The summed E-state index contributed by atoms with van der Waals surface area (Å²) >= 11 is 5.78. The van der Waals surface area contributed by atoms with E-state index < -0.39 is 5.60 Å². The third kappa shape index (κ3) is 1.45. The molecule has 0 aromatic heterocycles. The van der Waals surface area contributed by atoms with Gasteiger partial charge in [-0.2, -0.15) is 0 Å². The van der Waals surface area contributed by atoms with Gasteiger partial charge in [0.15, 0.2) is 0 Å². The molecule has 1 fully saturated rings. The van der Waals surface area contributed by atoms with Gasteiger partial charge in [-0.3, -0.25) is 0 Å². The Kier molecular flexibility index (Phi) is 2.05. The number of hydrogen-bond acceptors (Lipinski definition) is 1. The average molecular weight is 201 g/mol. The molecule has 1 heterocycles. The normalized spacial score (nSPS) is 27.0. The van der Waals surface area contributed by atoms with E-state index in [1.807, 2.05) is 6.92 Å². The van der Waals surface area contributed by atoms with Crippen molar-refractivity contribution in [2.24, 2.45) is 0 Å². The summed E-state index contributed by atoms with van der Waals surface area (Å²) in [6.45, 7) is 2.58. The standard InChI is InChI=1S/C10H10ClFO/c1-10(4-5-13-10)8-6-7(11)2-3-9(8)12/h2-3,6H,4-5H2,1H3. The van der Waals surface area contributed by atoms with E-state index in [0.29, 0.717) is 17.2 Å². The Morgan fingerprint density at radius 1 is 1.54 bits per heavy atom. The van der Waals surface area contributed by atoms with Gasteiger partial charge in [-0.15, -0.1) is 0 Å². The third-order valence-electron chi connectivity index (χ3n) is 2.50. The second-order valence-corrected chi connectivity index (χ2v) is 3.89. The van der Waals surface area contributed by atoms with Crippen LogP contribution in [0.15, 0.2) is 18.2 Å². The summed E-state index contributed by atoms with van der Waals surface area (Å²) in [6.07, 6.45) is 0.851. The number of hydrogen-bond donors (Lipinski definition) is 0. The predicted molar refractivity (Wildman–Crippen MR) is 49.3 cm³/mol. The van der Waals surface area contributed by atoms with Gasteiger partial charge >= 0.3 is 0 Å². The van der Waals surface area contributed by atoms with Gasteiger partial charge in [0.1, 0.15) is 5.82 Å². The molecule has 0 N–H and O–H groups in total. The molecule has 70 valence electrons. The molecule has 1 saturated heterocycles. The second-order valence-electron chi connectivity index (χ2n) is 3.45. The molecule has 0 bridgehead atoms. The molecule has 1 aliphatic rings. The van der Waals surface area contributed by atoms with E-state index in [9.17, 15) is 4.39 Å². The predicted octanol–water partition coefficient (Wildman–Crippen LogP) is 3.11. The Bertz CT molecular complexity index is 334. The van der Waals surface area contributed by atoms with E-state index in [-0.39, 0.29) is 5.82 Å². The van der Waals surface area contributed by atoms with E-state index in [1.54, 1.807) is 12.1 Å². The number of halogens is 2. The quantitative estimate of drug-likeness (QED) is 0.677. The van der Waals surface area contributed by atoms with Gasteiger partial charge in [0.2, 0.25) is 0 Å².